The van der Waals surface area contributed by atoms with Crippen molar-refractivity contribution in [2.45, 2.75) is 24.9 Å². The van der Waals surface area contributed by atoms with Crippen molar-refractivity contribution < 1.29 is 38.0 Å². The molecular weight excluding hydrogens is 610 g/mol. The molecule has 0 unspecified atom stereocenters. The number of hydrogen-bond donors (Lipinski definition) is 1. The molecule has 0 saturated carbocycles. The van der Waals surface area contributed by atoms with Gasteiger partial charge >= 0.3 is 5.69 Å². The highest BCUT2D eigenvalue weighted by Crippen LogP contribution is 2.57. The molecule has 7 rings (SSSR count). The van der Waals surface area contributed by atoms with Crippen LogP contribution in [-0.4, -0.2) is 54.4 Å². The van der Waals surface area contributed by atoms with E-state index in [1.807, 2.05) is 0 Å². The Bertz CT molecular complexity index is 2030. The summed E-state index contributed by atoms with van der Waals surface area (Å²) < 4.78 is 36.4. The van der Waals surface area contributed by atoms with Crippen molar-refractivity contribution >= 4 is 29.0 Å². The molecule has 3 aromatic rings. The molecule has 1 spiro atoms. The molecule has 3 aliphatic heterocycles. The van der Waals surface area contributed by atoms with Gasteiger partial charge in [0, 0.05) is 43.3 Å². The lowest BCUT2D eigenvalue weighted by atomic mass is 9.66. The molecular formula is C31H28ClN3O10. The molecule has 13 nitrogen and oxygen atoms in total. The average Bonchev–Trinajstić information content (AvgIpc) is 3.64. The van der Waals surface area contributed by atoms with Crippen LogP contribution in [-0.2, 0) is 18.9 Å². The Morgan fingerprint density at radius 1 is 0.911 bits per heavy atom. The van der Waals surface area contributed by atoms with Gasteiger partial charge in [-0.2, -0.15) is 0 Å². The van der Waals surface area contributed by atoms with Crippen LogP contribution in [0.2, 0.25) is 5.02 Å². The number of allylic oxidation sites excluding steroid dienone is 1. The number of hydrogen-bond acceptors (Lipinski definition) is 11. The minimum Gasteiger partial charge on any atom is -0.496 e. The number of ether oxygens (including phenoxy) is 6. The van der Waals surface area contributed by atoms with Crippen LogP contribution in [0.5, 0.6) is 34.5 Å². The van der Waals surface area contributed by atoms with Gasteiger partial charge in [-0.05, 0) is 24.1 Å². The van der Waals surface area contributed by atoms with Crippen LogP contribution in [0.25, 0.3) is 0 Å². The number of benzene rings is 2. The van der Waals surface area contributed by atoms with Crippen LogP contribution >= 0.6 is 11.6 Å². The maximum Gasteiger partial charge on any atom is 0.332 e. The topological polar surface area (TPSA) is 146 Å². The molecule has 45 heavy (non-hydrogen) atoms. The van der Waals surface area contributed by atoms with E-state index in [0.29, 0.717) is 28.5 Å². The maximum absolute atomic E-state index is 15.0. The van der Waals surface area contributed by atoms with E-state index in [0.717, 1.165) is 4.57 Å². The van der Waals surface area contributed by atoms with Crippen molar-refractivity contribution in [1.29, 1.82) is 0 Å². The first-order valence-electron chi connectivity index (χ1n) is 14.0. The first kappa shape index (κ1) is 28.8. The second-order valence-corrected chi connectivity index (χ2v) is 11.7. The van der Waals surface area contributed by atoms with Crippen molar-refractivity contribution in [2.24, 2.45) is 20.0 Å². The van der Waals surface area contributed by atoms with Gasteiger partial charge in [0.25, 0.3) is 5.56 Å². The standard InChI is InChI=1S/C31H28ClN3O10/c1-12-7-14-20(26(36)31(12)27(37)21-15(40-4)10-16(41-5)23(32)25(21)45-31)19(13-8-17(42-6)24-18(9-13)43-11-44-24)22-28(33-14)34(2)30(39)35(3)29(22)38/h8-10,12,19,33H,7,11H2,1-6H3/t12-,19-,31+/m1/s1. The molecule has 14 heteroatoms. The SMILES string of the molecule is COc1cc(OC)c2c(c1Cl)O[C@@]1(C(=O)C3=C(C[C@H]1C)Nc1c(c(=O)n(C)c(=O)n1C)[C@@H]3c1cc(OC)c3c(c1)OCO3)C2=O. The first-order valence-corrected chi connectivity index (χ1v) is 14.4. The van der Waals surface area contributed by atoms with Gasteiger partial charge in [-0.3, -0.25) is 23.5 Å². The number of nitrogens with one attached hydrogen (secondary N) is 1. The number of nitrogens with zero attached hydrogens (tertiary/aromatic N) is 2. The number of ketones is 2. The number of halogens is 1. The van der Waals surface area contributed by atoms with E-state index in [4.69, 9.17) is 40.0 Å². The fourth-order valence-electron chi connectivity index (χ4n) is 6.84. The highest BCUT2D eigenvalue weighted by atomic mass is 35.5. The minimum atomic E-state index is -2.03. The lowest BCUT2D eigenvalue weighted by molar-refractivity contribution is -0.130. The molecule has 0 amide bonds. The predicted molar refractivity (Wildman–Crippen MR) is 160 cm³/mol. The van der Waals surface area contributed by atoms with Crippen molar-refractivity contribution in [2.75, 3.05) is 33.4 Å². The van der Waals surface area contributed by atoms with Crippen LogP contribution in [0.3, 0.4) is 0 Å². The molecule has 4 aliphatic rings. The number of fused-ring (bicyclic) bond motifs is 3. The average molecular weight is 638 g/mol. The Kier molecular flexibility index (Phi) is 6.28. The monoisotopic (exact) mass is 637 g/mol. The lowest BCUT2D eigenvalue weighted by Crippen LogP contribution is -2.58. The quantitative estimate of drug-likeness (QED) is 0.422. The van der Waals surface area contributed by atoms with Crippen LogP contribution < -0.4 is 45.0 Å². The molecule has 3 atom stereocenters. The van der Waals surface area contributed by atoms with Crippen molar-refractivity contribution in [1.82, 2.24) is 9.13 Å². The van der Waals surface area contributed by atoms with Crippen LogP contribution in [0, 0.1) is 5.92 Å². The zero-order valence-electron chi connectivity index (χ0n) is 25.2. The Hall–Kier alpha value is -4.91. The largest absolute Gasteiger partial charge is 0.496 e. The number of aromatic nitrogens is 2. The predicted octanol–water partition coefficient (Wildman–Crippen LogP) is 2.93. The summed E-state index contributed by atoms with van der Waals surface area (Å²) in [6.07, 6.45) is 0.152. The molecule has 0 bridgehead atoms. The molecule has 0 saturated heterocycles. The highest BCUT2D eigenvalue weighted by Gasteiger charge is 2.64. The number of anilines is 1. The maximum atomic E-state index is 15.0. The molecule has 1 aromatic heterocycles. The van der Waals surface area contributed by atoms with E-state index in [1.54, 1.807) is 19.1 Å². The van der Waals surface area contributed by atoms with Crippen LogP contribution in [0.15, 0.2) is 39.1 Å². The molecule has 1 N–H and O–H groups in total. The summed E-state index contributed by atoms with van der Waals surface area (Å²) in [4.78, 5) is 56.4. The van der Waals surface area contributed by atoms with E-state index in [2.05, 4.69) is 5.32 Å². The molecule has 234 valence electrons. The number of Topliss-reactive ketones (excluding diaryl/α,β-unsaturated/α-hetero) is 2. The fraction of sp³-hybridized carbons (Fsp3) is 0.355. The number of carbonyl (C=O) groups is 2. The summed E-state index contributed by atoms with van der Waals surface area (Å²) in [6.45, 7) is 1.68. The highest BCUT2D eigenvalue weighted by molar-refractivity contribution is 6.36. The minimum absolute atomic E-state index is 0.0198. The summed E-state index contributed by atoms with van der Waals surface area (Å²) in [5.74, 6) is -1.45. The summed E-state index contributed by atoms with van der Waals surface area (Å²) >= 11 is 6.62. The Balaban J connectivity index is 1.50. The number of methoxy groups -OCH3 is 3. The normalized spacial score (nSPS) is 22.5. The molecule has 2 aromatic carbocycles. The van der Waals surface area contributed by atoms with Crippen molar-refractivity contribution in [3.05, 3.63) is 72.0 Å². The first-order chi connectivity index (χ1) is 21.5. The summed E-state index contributed by atoms with van der Waals surface area (Å²) in [7, 11) is 7.16. The van der Waals surface area contributed by atoms with Crippen LogP contribution in [0.1, 0.15) is 40.7 Å². The third kappa shape index (κ3) is 3.61. The van der Waals surface area contributed by atoms with Gasteiger partial charge in [0.05, 0.1) is 26.9 Å². The van der Waals surface area contributed by atoms with Gasteiger partial charge in [-0.1, -0.05) is 18.5 Å². The van der Waals surface area contributed by atoms with Gasteiger partial charge in [0.2, 0.25) is 29.7 Å². The van der Waals surface area contributed by atoms with E-state index in [9.17, 15) is 14.4 Å². The smallest absolute Gasteiger partial charge is 0.332 e. The second-order valence-electron chi connectivity index (χ2n) is 11.3. The summed E-state index contributed by atoms with van der Waals surface area (Å²) in [5, 5.41) is 3.22. The third-order valence-corrected chi connectivity index (χ3v) is 9.45. The van der Waals surface area contributed by atoms with E-state index >= 15 is 4.79 Å². The van der Waals surface area contributed by atoms with Gasteiger partial charge in [-0.25, -0.2) is 4.79 Å². The summed E-state index contributed by atoms with van der Waals surface area (Å²) in [6, 6.07) is 4.78. The van der Waals surface area contributed by atoms with Gasteiger partial charge in [0.15, 0.2) is 17.2 Å². The third-order valence-electron chi connectivity index (χ3n) is 9.09. The van der Waals surface area contributed by atoms with Gasteiger partial charge in [-0.15, -0.1) is 0 Å². The van der Waals surface area contributed by atoms with E-state index in [-0.39, 0.29) is 58.0 Å². The lowest BCUT2D eigenvalue weighted by Gasteiger charge is -2.42. The van der Waals surface area contributed by atoms with E-state index < -0.39 is 40.3 Å². The Morgan fingerprint density at radius 2 is 1.62 bits per heavy atom. The van der Waals surface area contributed by atoms with Gasteiger partial charge < -0.3 is 33.7 Å². The molecule has 1 aliphatic carbocycles. The number of carbonyl (C=O) groups excluding carboxylic acids is 2. The van der Waals surface area contributed by atoms with E-state index in [1.165, 1.54) is 46.1 Å². The van der Waals surface area contributed by atoms with Gasteiger partial charge in [0.1, 0.15) is 27.9 Å². The second kappa shape index (κ2) is 9.80. The Labute approximate surface area is 260 Å². The number of rotatable bonds is 4. The van der Waals surface area contributed by atoms with Crippen LogP contribution in [0.4, 0.5) is 5.82 Å². The van der Waals surface area contributed by atoms with Crippen molar-refractivity contribution in [3.63, 3.8) is 0 Å². The molecule has 0 radical (unpaired) electrons. The molecule has 4 heterocycles. The molecule has 0 fully saturated rings. The Morgan fingerprint density at radius 3 is 2.31 bits per heavy atom. The van der Waals surface area contributed by atoms with Crippen molar-refractivity contribution in [3.8, 4) is 34.5 Å². The summed E-state index contributed by atoms with van der Waals surface area (Å²) in [5.41, 5.74) is -2.04. The fourth-order valence-corrected chi connectivity index (χ4v) is 7.10. The zero-order valence-corrected chi connectivity index (χ0v) is 25.9. The zero-order chi connectivity index (χ0) is 32.1.